The number of amides is 1. The summed E-state index contributed by atoms with van der Waals surface area (Å²) in [7, 11) is 0. The van der Waals surface area contributed by atoms with Gasteiger partial charge in [0.15, 0.2) is 0 Å². The number of rotatable bonds is 5. The molecule has 0 saturated carbocycles. The zero-order valence-electron chi connectivity index (χ0n) is 14.8. The number of imidazole rings is 1. The molecule has 0 spiro atoms. The van der Waals surface area contributed by atoms with Gasteiger partial charge in [-0.1, -0.05) is 30.3 Å². The number of nitrogens with zero attached hydrogens (tertiary/aromatic N) is 4. The molecule has 0 aliphatic carbocycles. The van der Waals surface area contributed by atoms with Crippen LogP contribution in [0.3, 0.4) is 0 Å². The molecular weight excluding hydrogens is 340 g/mol. The molecule has 1 amide bonds. The number of aromatic nitrogens is 4. The van der Waals surface area contributed by atoms with Gasteiger partial charge in [-0.25, -0.2) is 15.0 Å². The van der Waals surface area contributed by atoms with Crippen LogP contribution in [-0.4, -0.2) is 25.4 Å². The lowest BCUT2D eigenvalue weighted by Gasteiger charge is -2.09. The van der Waals surface area contributed by atoms with Gasteiger partial charge < -0.3 is 10.6 Å². The molecule has 27 heavy (non-hydrogen) atoms. The Labute approximate surface area is 156 Å². The van der Waals surface area contributed by atoms with Gasteiger partial charge in [0, 0.05) is 25.2 Å². The SMILES string of the molecule is CC(=O)Nc1ccc2ncn(-c3cc(NCc4ccccc4)ncn3)c2c1. The van der Waals surface area contributed by atoms with Gasteiger partial charge in [-0.3, -0.25) is 9.36 Å². The molecule has 0 aliphatic heterocycles. The fraction of sp³-hybridized carbons (Fsp3) is 0.100. The van der Waals surface area contributed by atoms with Crippen molar-refractivity contribution in [2.75, 3.05) is 10.6 Å². The van der Waals surface area contributed by atoms with Gasteiger partial charge in [-0.15, -0.1) is 0 Å². The van der Waals surface area contributed by atoms with Crippen LogP contribution in [0.4, 0.5) is 11.5 Å². The molecule has 2 heterocycles. The number of nitrogens with one attached hydrogen (secondary N) is 2. The number of hydrogen-bond donors (Lipinski definition) is 2. The molecule has 0 saturated heterocycles. The Hall–Kier alpha value is -3.74. The Morgan fingerprint density at radius 3 is 2.70 bits per heavy atom. The van der Waals surface area contributed by atoms with Crippen LogP contribution in [-0.2, 0) is 11.3 Å². The van der Waals surface area contributed by atoms with Gasteiger partial charge in [0.1, 0.15) is 24.3 Å². The van der Waals surface area contributed by atoms with Crippen molar-refractivity contribution in [2.45, 2.75) is 13.5 Å². The van der Waals surface area contributed by atoms with E-state index >= 15 is 0 Å². The van der Waals surface area contributed by atoms with E-state index in [2.05, 4.69) is 37.7 Å². The monoisotopic (exact) mass is 358 g/mol. The van der Waals surface area contributed by atoms with E-state index < -0.39 is 0 Å². The van der Waals surface area contributed by atoms with E-state index in [9.17, 15) is 4.79 Å². The first-order valence-corrected chi connectivity index (χ1v) is 8.54. The molecule has 2 N–H and O–H groups in total. The summed E-state index contributed by atoms with van der Waals surface area (Å²) in [4.78, 5) is 24.4. The third-order valence-corrected chi connectivity index (χ3v) is 4.08. The fourth-order valence-corrected chi connectivity index (χ4v) is 2.84. The molecule has 2 aromatic carbocycles. The van der Waals surface area contributed by atoms with Crippen molar-refractivity contribution < 1.29 is 4.79 Å². The minimum absolute atomic E-state index is 0.116. The summed E-state index contributed by atoms with van der Waals surface area (Å²) in [6, 6.07) is 17.6. The summed E-state index contributed by atoms with van der Waals surface area (Å²) in [5, 5.41) is 6.10. The smallest absolute Gasteiger partial charge is 0.221 e. The fourth-order valence-electron chi connectivity index (χ4n) is 2.84. The summed E-state index contributed by atoms with van der Waals surface area (Å²) in [6.45, 7) is 2.16. The highest BCUT2D eigenvalue weighted by Crippen LogP contribution is 2.22. The first-order valence-electron chi connectivity index (χ1n) is 8.54. The van der Waals surface area contributed by atoms with Crippen LogP contribution < -0.4 is 10.6 Å². The predicted molar refractivity (Wildman–Crippen MR) is 105 cm³/mol. The standard InChI is InChI=1S/C20H18N6O/c1-14(27)25-16-7-8-17-18(9-16)26(13-24-17)20-10-19(22-12-23-20)21-11-15-5-3-2-4-6-15/h2-10,12-13H,11H2,1H3,(H,25,27)(H,21,22,23). The van der Waals surface area contributed by atoms with Gasteiger partial charge in [-0.2, -0.15) is 0 Å². The molecule has 7 heteroatoms. The first-order chi connectivity index (χ1) is 13.2. The normalized spacial score (nSPS) is 10.7. The van der Waals surface area contributed by atoms with E-state index in [-0.39, 0.29) is 5.91 Å². The molecule has 4 rings (SSSR count). The summed E-state index contributed by atoms with van der Waals surface area (Å²) >= 11 is 0. The van der Waals surface area contributed by atoms with Gasteiger partial charge >= 0.3 is 0 Å². The van der Waals surface area contributed by atoms with E-state index in [4.69, 9.17) is 0 Å². The summed E-state index contributed by atoms with van der Waals surface area (Å²) in [5.74, 6) is 1.31. The topological polar surface area (TPSA) is 84.7 Å². The number of benzene rings is 2. The lowest BCUT2D eigenvalue weighted by Crippen LogP contribution is -2.06. The lowest BCUT2D eigenvalue weighted by atomic mass is 10.2. The summed E-state index contributed by atoms with van der Waals surface area (Å²) < 4.78 is 1.87. The maximum absolute atomic E-state index is 11.3. The van der Waals surface area contributed by atoms with Crippen LogP contribution in [0.1, 0.15) is 12.5 Å². The maximum Gasteiger partial charge on any atom is 0.221 e. The molecule has 0 aliphatic rings. The van der Waals surface area contributed by atoms with Gasteiger partial charge in [-0.05, 0) is 23.8 Å². The molecular formula is C20H18N6O. The zero-order chi connectivity index (χ0) is 18.6. The number of hydrogen-bond acceptors (Lipinski definition) is 5. The average Bonchev–Trinajstić information content (AvgIpc) is 3.10. The number of fused-ring (bicyclic) bond motifs is 1. The third kappa shape index (κ3) is 3.77. The Balaban J connectivity index is 1.62. The van der Waals surface area contributed by atoms with E-state index in [1.807, 2.05) is 47.0 Å². The van der Waals surface area contributed by atoms with Crippen LogP contribution in [0.2, 0.25) is 0 Å². The number of carbonyl (C=O) groups is 1. The second-order valence-electron chi connectivity index (χ2n) is 6.10. The molecule has 4 aromatic rings. The molecule has 0 fully saturated rings. The predicted octanol–water partition coefficient (Wildman–Crippen LogP) is 3.39. The minimum Gasteiger partial charge on any atom is -0.366 e. The third-order valence-electron chi connectivity index (χ3n) is 4.08. The second kappa shape index (κ2) is 7.25. The van der Waals surface area contributed by atoms with Crippen molar-refractivity contribution >= 4 is 28.4 Å². The molecule has 0 unspecified atom stereocenters. The highest BCUT2D eigenvalue weighted by atomic mass is 16.1. The molecule has 134 valence electrons. The molecule has 0 radical (unpaired) electrons. The van der Waals surface area contributed by atoms with Gasteiger partial charge in [0.05, 0.1) is 11.0 Å². The van der Waals surface area contributed by atoms with E-state index in [0.29, 0.717) is 18.1 Å². The van der Waals surface area contributed by atoms with Gasteiger partial charge in [0.2, 0.25) is 5.91 Å². The van der Waals surface area contributed by atoms with Crippen molar-refractivity contribution in [3.05, 3.63) is 72.8 Å². The second-order valence-corrected chi connectivity index (χ2v) is 6.10. The van der Waals surface area contributed by atoms with Crippen LogP contribution in [0.25, 0.3) is 16.9 Å². The molecule has 0 atom stereocenters. The van der Waals surface area contributed by atoms with Crippen LogP contribution >= 0.6 is 0 Å². The van der Waals surface area contributed by atoms with Crippen molar-refractivity contribution in [2.24, 2.45) is 0 Å². The minimum atomic E-state index is -0.116. The zero-order valence-corrected chi connectivity index (χ0v) is 14.8. The van der Waals surface area contributed by atoms with Crippen molar-refractivity contribution in [1.82, 2.24) is 19.5 Å². The summed E-state index contributed by atoms with van der Waals surface area (Å²) in [6.07, 6.45) is 3.23. The summed E-state index contributed by atoms with van der Waals surface area (Å²) in [5.41, 5.74) is 3.56. The quantitative estimate of drug-likeness (QED) is 0.571. The Morgan fingerprint density at radius 2 is 1.89 bits per heavy atom. The van der Waals surface area contributed by atoms with E-state index in [0.717, 1.165) is 16.9 Å². The maximum atomic E-state index is 11.3. The molecule has 7 nitrogen and oxygen atoms in total. The van der Waals surface area contributed by atoms with Crippen LogP contribution in [0, 0.1) is 0 Å². The van der Waals surface area contributed by atoms with Crippen molar-refractivity contribution in [1.29, 1.82) is 0 Å². The number of anilines is 2. The van der Waals surface area contributed by atoms with Crippen LogP contribution in [0.5, 0.6) is 0 Å². The average molecular weight is 358 g/mol. The highest BCUT2D eigenvalue weighted by molar-refractivity contribution is 5.91. The molecule has 0 bridgehead atoms. The lowest BCUT2D eigenvalue weighted by molar-refractivity contribution is -0.114. The van der Waals surface area contributed by atoms with E-state index in [1.165, 1.54) is 18.8 Å². The van der Waals surface area contributed by atoms with Crippen LogP contribution in [0.15, 0.2) is 67.3 Å². The van der Waals surface area contributed by atoms with Crippen molar-refractivity contribution in [3.8, 4) is 5.82 Å². The Kier molecular flexibility index (Phi) is 4.49. The largest absolute Gasteiger partial charge is 0.366 e. The van der Waals surface area contributed by atoms with E-state index in [1.54, 1.807) is 6.33 Å². The van der Waals surface area contributed by atoms with Crippen molar-refractivity contribution in [3.63, 3.8) is 0 Å². The highest BCUT2D eigenvalue weighted by Gasteiger charge is 2.08. The molecule has 2 aromatic heterocycles. The first kappa shape index (κ1) is 16.7. The number of carbonyl (C=O) groups excluding carboxylic acids is 1. The Bertz CT molecular complexity index is 1090. The Morgan fingerprint density at radius 1 is 1.04 bits per heavy atom. The van der Waals surface area contributed by atoms with Gasteiger partial charge in [0.25, 0.3) is 0 Å².